The van der Waals surface area contributed by atoms with Crippen molar-refractivity contribution in [1.29, 1.82) is 0 Å². The molecule has 0 fully saturated rings. The predicted molar refractivity (Wildman–Crippen MR) is 98.2 cm³/mol. The van der Waals surface area contributed by atoms with E-state index in [9.17, 15) is 14.4 Å². The molecule has 1 N–H and O–H groups in total. The molecule has 25 heavy (non-hydrogen) atoms. The topological polar surface area (TPSA) is 72.5 Å². The third kappa shape index (κ3) is 6.25. The number of ether oxygens (including phenoxy) is 1. The molecule has 0 saturated heterocycles. The summed E-state index contributed by atoms with van der Waals surface area (Å²) in [5, 5.41) is 3.19. The Morgan fingerprint density at radius 1 is 1.08 bits per heavy atom. The number of esters is 1. The van der Waals surface area contributed by atoms with Gasteiger partial charge in [0.05, 0.1) is 11.4 Å². The minimum absolute atomic E-state index is 0.0823. The van der Waals surface area contributed by atoms with Crippen molar-refractivity contribution >= 4 is 46.7 Å². The molecule has 130 valence electrons. The van der Waals surface area contributed by atoms with Crippen LogP contribution in [0.4, 0.5) is 5.69 Å². The number of anilines is 1. The number of benzene rings is 2. The average molecular weight is 378 g/mol. The number of Topliss-reactive ketones (excluding diaryl/α,β-unsaturated/α-hetero) is 1. The van der Waals surface area contributed by atoms with Gasteiger partial charge in [0.15, 0.2) is 12.4 Å². The molecule has 0 aliphatic rings. The summed E-state index contributed by atoms with van der Waals surface area (Å²) >= 11 is 7.08. The smallest absolute Gasteiger partial charge is 0.316 e. The highest BCUT2D eigenvalue weighted by molar-refractivity contribution is 8.00. The van der Waals surface area contributed by atoms with E-state index >= 15 is 0 Å². The van der Waals surface area contributed by atoms with E-state index in [1.165, 1.54) is 18.7 Å². The van der Waals surface area contributed by atoms with Crippen LogP contribution in [0.15, 0.2) is 53.4 Å². The van der Waals surface area contributed by atoms with E-state index in [-0.39, 0.29) is 11.5 Å². The number of carbonyl (C=O) groups excluding carboxylic acids is 3. The zero-order valence-corrected chi connectivity index (χ0v) is 15.0. The fourth-order valence-corrected chi connectivity index (χ4v) is 2.77. The highest BCUT2D eigenvalue weighted by Crippen LogP contribution is 2.20. The Kier molecular flexibility index (Phi) is 7.03. The minimum atomic E-state index is -0.505. The zero-order valence-electron chi connectivity index (χ0n) is 13.5. The fraction of sp³-hybridized carbons (Fsp3) is 0.167. The molecular weight excluding hydrogens is 362 g/mol. The van der Waals surface area contributed by atoms with Gasteiger partial charge in [-0.05, 0) is 43.3 Å². The highest BCUT2D eigenvalue weighted by atomic mass is 35.5. The van der Waals surface area contributed by atoms with E-state index in [2.05, 4.69) is 5.32 Å². The minimum Gasteiger partial charge on any atom is -0.455 e. The normalized spacial score (nSPS) is 10.2. The molecule has 2 aromatic carbocycles. The third-order valence-corrected chi connectivity index (χ3v) is 4.35. The molecule has 1 amide bonds. The van der Waals surface area contributed by atoms with Crippen LogP contribution in [0.2, 0.25) is 5.02 Å². The molecule has 0 saturated carbocycles. The molecule has 7 heteroatoms. The summed E-state index contributed by atoms with van der Waals surface area (Å²) in [6.07, 6.45) is 0. The van der Waals surface area contributed by atoms with Crippen LogP contribution in [0.5, 0.6) is 0 Å². The molecule has 0 radical (unpaired) electrons. The van der Waals surface area contributed by atoms with Gasteiger partial charge in [-0.15, -0.1) is 11.8 Å². The number of halogens is 1. The largest absolute Gasteiger partial charge is 0.455 e. The van der Waals surface area contributed by atoms with Gasteiger partial charge in [0.1, 0.15) is 0 Å². The lowest BCUT2D eigenvalue weighted by molar-refractivity contribution is -0.144. The number of carbonyl (C=O) groups is 3. The fourth-order valence-electron chi connectivity index (χ4n) is 1.95. The maximum atomic E-state index is 11.9. The number of thioether (sulfide) groups is 1. The van der Waals surface area contributed by atoms with Crippen LogP contribution in [-0.4, -0.2) is 30.0 Å². The SMILES string of the molecule is CC(=O)c1ccccc1NC(=O)COC(=O)CSc1ccc(Cl)cc1. The molecule has 0 spiro atoms. The van der Waals surface area contributed by atoms with Crippen molar-refractivity contribution in [3.05, 3.63) is 59.1 Å². The first-order chi connectivity index (χ1) is 12.0. The lowest BCUT2D eigenvalue weighted by Gasteiger charge is -2.09. The van der Waals surface area contributed by atoms with Crippen LogP contribution in [0.1, 0.15) is 17.3 Å². The van der Waals surface area contributed by atoms with Crippen molar-refractivity contribution in [2.24, 2.45) is 0 Å². The molecule has 0 atom stereocenters. The standard InChI is InChI=1S/C18H16ClNO4S/c1-12(21)15-4-2-3-5-16(15)20-17(22)10-24-18(23)11-25-14-8-6-13(19)7-9-14/h2-9H,10-11H2,1H3,(H,20,22). The second kappa shape index (κ2) is 9.25. The van der Waals surface area contributed by atoms with Crippen molar-refractivity contribution in [3.63, 3.8) is 0 Å². The number of para-hydroxylation sites is 1. The van der Waals surface area contributed by atoms with Crippen LogP contribution in [0, 0.1) is 0 Å². The second-order valence-electron chi connectivity index (χ2n) is 5.05. The second-order valence-corrected chi connectivity index (χ2v) is 6.54. The number of amides is 1. The van der Waals surface area contributed by atoms with Crippen molar-refractivity contribution in [2.75, 3.05) is 17.7 Å². The number of hydrogen-bond donors (Lipinski definition) is 1. The Labute approximate surface area is 154 Å². The summed E-state index contributed by atoms with van der Waals surface area (Å²) in [5.74, 6) is -1.08. The quantitative estimate of drug-likeness (QED) is 0.451. The summed E-state index contributed by atoms with van der Waals surface area (Å²) in [4.78, 5) is 36.0. The Hall–Kier alpha value is -2.31. The summed E-state index contributed by atoms with van der Waals surface area (Å²) in [7, 11) is 0. The summed E-state index contributed by atoms with van der Waals surface area (Å²) in [6, 6.07) is 13.7. The van der Waals surface area contributed by atoms with Crippen LogP contribution >= 0.6 is 23.4 Å². The van der Waals surface area contributed by atoms with Gasteiger partial charge in [-0.1, -0.05) is 23.7 Å². The molecule has 2 rings (SSSR count). The van der Waals surface area contributed by atoms with Gasteiger partial charge in [-0.3, -0.25) is 14.4 Å². The van der Waals surface area contributed by atoms with Crippen LogP contribution in [0.25, 0.3) is 0 Å². The van der Waals surface area contributed by atoms with Gasteiger partial charge in [0.25, 0.3) is 5.91 Å². The lowest BCUT2D eigenvalue weighted by Crippen LogP contribution is -2.22. The number of rotatable bonds is 7. The zero-order chi connectivity index (χ0) is 18.2. The van der Waals surface area contributed by atoms with Crippen molar-refractivity contribution in [1.82, 2.24) is 0 Å². The summed E-state index contributed by atoms with van der Waals surface area (Å²) < 4.78 is 4.94. The van der Waals surface area contributed by atoms with E-state index in [4.69, 9.17) is 16.3 Å². The van der Waals surface area contributed by atoms with E-state index < -0.39 is 18.5 Å². The van der Waals surface area contributed by atoms with Crippen molar-refractivity contribution < 1.29 is 19.1 Å². The Morgan fingerprint density at radius 2 is 1.76 bits per heavy atom. The molecule has 2 aromatic rings. The van der Waals surface area contributed by atoms with Gasteiger partial charge in [0.2, 0.25) is 0 Å². The molecule has 0 unspecified atom stereocenters. The number of ketones is 1. The molecule has 5 nitrogen and oxygen atoms in total. The van der Waals surface area contributed by atoms with Gasteiger partial charge < -0.3 is 10.1 Å². The summed E-state index contributed by atoms with van der Waals surface area (Å²) in [5.41, 5.74) is 0.798. The Morgan fingerprint density at radius 3 is 2.44 bits per heavy atom. The molecule has 0 aromatic heterocycles. The molecule has 0 aliphatic heterocycles. The van der Waals surface area contributed by atoms with Gasteiger partial charge in [-0.2, -0.15) is 0 Å². The van der Waals surface area contributed by atoms with Crippen LogP contribution in [-0.2, 0) is 14.3 Å². The third-order valence-electron chi connectivity index (χ3n) is 3.12. The van der Waals surface area contributed by atoms with Gasteiger partial charge >= 0.3 is 5.97 Å². The number of nitrogens with one attached hydrogen (secondary N) is 1. The number of hydrogen-bond acceptors (Lipinski definition) is 5. The van der Waals surface area contributed by atoms with E-state index in [1.54, 1.807) is 48.5 Å². The molecule has 0 aliphatic carbocycles. The summed E-state index contributed by atoms with van der Waals surface area (Å²) in [6.45, 7) is 1.01. The molecule has 0 heterocycles. The average Bonchev–Trinajstić information content (AvgIpc) is 2.59. The maximum Gasteiger partial charge on any atom is 0.316 e. The van der Waals surface area contributed by atoms with Crippen molar-refractivity contribution in [3.8, 4) is 0 Å². The van der Waals surface area contributed by atoms with Crippen LogP contribution in [0.3, 0.4) is 0 Å². The molecular formula is C18H16ClNO4S. The first-order valence-electron chi connectivity index (χ1n) is 7.39. The van der Waals surface area contributed by atoms with Gasteiger partial charge in [-0.25, -0.2) is 0 Å². The molecule has 0 bridgehead atoms. The predicted octanol–water partition coefficient (Wildman–Crippen LogP) is 3.82. The first-order valence-corrected chi connectivity index (χ1v) is 8.76. The Bertz CT molecular complexity index is 777. The highest BCUT2D eigenvalue weighted by Gasteiger charge is 2.12. The van der Waals surface area contributed by atoms with E-state index in [0.717, 1.165) is 4.90 Å². The Balaban J connectivity index is 1.79. The van der Waals surface area contributed by atoms with Crippen LogP contribution < -0.4 is 5.32 Å². The van der Waals surface area contributed by atoms with E-state index in [1.807, 2.05) is 0 Å². The maximum absolute atomic E-state index is 11.9. The van der Waals surface area contributed by atoms with Crippen molar-refractivity contribution in [2.45, 2.75) is 11.8 Å². The lowest BCUT2D eigenvalue weighted by atomic mass is 10.1. The van der Waals surface area contributed by atoms with E-state index in [0.29, 0.717) is 16.3 Å². The monoisotopic (exact) mass is 377 g/mol. The van der Waals surface area contributed by atoms with Gasteiger partial charge in [0, 0.05) is 15.5 Å². The first kappa shape index (κ1) is 19.0.